The molecule has 2 N–H and O–H groups in total. The molecule has 1 aromatic rings. The second-order valence-corrected chi connectivity index (χ2v) is 3.47. The first kappa shape index (κ1) is 8.55. The lowest BCUT2D eigenvalue weighted by Crippen LogP contribution is -2.15. The molecule has 2 aliphatic heterocycles. The molecule has 0 aromatic heterocycles. The summed E-state index contributed by atoms with van der Waals surface area (Å²) in [5, 5.41) is 12.1. The summed E-state index contributed by atoms with van der Waals surface area (Å²) in [6.45, 7) is 0.992. The Kier molecular flexibility index (Phi) is 1.63. The number of rotatable bonds is 0. The van der Waals surface area contributed by atoms with Crippen LogP contribution in [0.5, 0.6) is 11.5 Å². The average Bonchev–Trinajstić information content (AvgIpc) is 2.52. The number of anilines is 1. The predicted octanol–water partition coefficient (Wildman–Crippen LogP) is 0.443. The summed E-state index contributed by atoms with van der Waals surface area (Å²) in [5.74, 6) is 0.775. The molecular weight excluding hydrogens is 198 g/mol. The molecule has 15 heavy (non-hydrogen) atoms. The molecule has 0 fully saturated rings. The molecule has 5 nitrogen and oxygen atoms in total. The van der Waals surface area contributed by atoms with Gasteiger partial charge in [-0.25, -0.2) is 0 Å². The monoisotopic (exact) mass is 207 g/mol. The van der Waals surface area contributed by atoms with Crippen LogP contribution in [0, 0.1) is 0 Å². The Morgan fingerprint density at radius 3 is 2.67 bits per heavy atom. The van der Waals surface area contributed by atoms with E-state index >= 15 is 0 Å². The molecular formula is C10H9NO4. The topological polar surface area (TPSA) is 67.8 Å². The summed E-state index contributed by atoms with van der Waals surface area (Å²) in [5.41, 5.74) is 1.14. The number of aliphatic hydroxyl groups is 1. The van der Waals surface area contributed by atoms with Crippen LogP contribution in [0.25, 0.3) is 0 Å². The Bertz CT molecular complexity index is 443. The van der Waals surface area contributed by atoms with Gasteiger partial charge >= 0.3 is 0 Å². The van der Waals surface area contributed by atoms with E-state index in [4.69, 9.17) is 9.47 Å². The fourth-order valence-electron chi connectivity index (χ4n) is 1.78. The number of benzene rings is 1. The molecule has 0 spiro atoms. The number of fused-ring (bicyclic) bond motifs is 2. The van der Waals surface area contributed by atoms with Gasteiger partial charge in [-0.3, -0.25) is 4.79 Å². The van der Waals surface area contributed by atoms with E-state index in [1.165, 1.54) is 0 Å². The SMILES string of the molecule is O=C1Nc2cc3c(cc2C1O)OCCO3. The number of hydrogen-bond donors (Lipinski definition) is 2. The largest absolute Gasteiger partial charge is 0.486 e. The van der Waals surface area contributed by atoms with Crippen molar-refractivity contribution in [1.29, 1.82) is 0 Å². The number of carbonyl (C=O) groups excluding carboxylic acids is 1. The van der Waals surface area contributed by atoms with E-state index in [0.29, 0.717) is 36.0 Å². The second kappa shape index (κ2) is 2.87. The molecule has 0 saturated carbocycles. The number of nitrogens with one attached hydrogen (secondary N) is 1. The lowest BCUT2D eigenvalue weighted by Gasteiger charge is -2.19. The van der Waals surface area contributed by atoms with Gasteiger partial charge in [-0.05, 0) is 6.07 Å². The minimum absolute atomic E-state index is 0.410. The lowest BCUT2D eigenvalue weighted by atomic mass is 10.1. The van der Waals surface area contributed by atoms with Crippen molar-refractivity contribution in [1.82, 2.24) is 0 Å². The van der Waals surface area contributed by atoms with E-state index in [0.717, 1.165) is 0 Å². The molecule has 1 amide bonds. The van der Waals surface area contributed by atoms with Crippen LogP contribution in [0.4, 0.5) is 5.69 Å². The zero-order valence-corrected chi connectivity index (χ0v) is 7.82. The molecule has 3 rings (SSSR count). The summed E-state index contributed by atoms with van der Waals surface area (Å²) in [4.78, 5) is 11.2. The van der Waals surface area contributed by atoms with Gasteiger partial charge in [0.25, 0.3) is 5.91 Å². The van der Waals surface area contributed by atoms with Crippen molar-refractivity contribution < 1.29 is 19.4 Å². The van der Waals surface area contributed by atoms with Crippen LogP contribution >= 0.6 is 0 Å². The number of hydrogen-bond acceptors (Lipinski definition) is 4. The third-order valence-corrected chi connectivity index (χ3v) is 2.52. The highest BCUT2D eigenvalue weighted by molar-refractivity contribution is 6.02. The number of carbonyl (C=O) groups is 1. The Morgan fingerprint density at radius 2 is 1.93 bits per heavy atom. The minimum Gasteiger partial charge on any atom is -0.486 e. The normalized spacial score (nSPS) is 22.2. The zero-order valence-electron chi connectivity index (χ0n) is 7.82. The predicted molar refractivity (Wildman–Crippen MR) is 51.0 cm³/mol. The molecule has 1 atom stereocenters. The Hall–Kier alpha value is -1.75. The van der Waals surface area contributed by atoms with E-state index in [2.05, 4.69) is 5.32 Å². The zero-order chi connectivity index (χ0) is 10.4. The van der Waals surface area contributed by atoms with E-state index < -0.39 is 12.0 Å². The maximum atomic E-state index is 11.2. The lowest BCUT2D eigenvalue weighted by molar-refractivity contribution is -0.123. The summed E-state index contributed by atoms with van der Waals surface area (Å²) >= 11 is 0. The van der Waals surface area contributed by atoms with Gasteiger partial charge < -0.3 is 19.9 Å². The fraction of sp³-hybridized carbons (Fsp3) is 0.300. The van der Waals surface area contributed by atoms with Crippen molar-refractivity contribution in [2.75, 3.05) is 18.5 Å². The second-order valence-electron chi connectivity index (χ2n) is 3.47. The molecule has 0 bridgehead atoms. The Morgan fingerprint density at radius 1 is 1.27 bits per heavy atom. The molecule has 0 saturated heterocycles. The third-order valence-electron chi connectivity index (χ3n) is 2.52. The van der Waals surface area contributed by atoms with Crippen LogP contribution in [0.15, 0.2) is 12.1 Å². The van der Waals surface area contributed by atoms with Gasteiger partial charge in [-0.1, -0.05) is 0 Å². The van der Waals surface area contributed by atoms with Gasteiger partial charge in [0.15, 0.2) is 17.6 Å². The highest BCUT2D eigenvalue weighted by atomic mass is 16.6. The van der Waals surface area contributed by atoms with Crippen molar-refractivity contribution >= 4 is 11.6 Å². The summed E-state index contributed by atoms with van der Waals surface area (Å²) < 4.78 is 10.7. The molecule has 0 aliphatic carbocycles. The third kappa shape index (κ3) is 1.16. The van der Waals surface area contributed by atoms with Gasteiger partial charge in [0.1, 0.15) is 13.2 Å². The first-order chi connectivity index (χ1) is 7.25. The standard InChI is InChI=1S/C10H9NO4/c12-9-5-3-7-8(15-2-1-14-7)4-6(5)11-10(9)13/h3-4,9,12H,1-2H2,(H,11,13). The first-order valence-corrected chi connectivity index (χ1v) is 4.68. The van der Waals surface area contributed by atoms with E-state index in [1.807, 2.05) is 0 Å². The smallest absolute Gasteiger partial charge is 0.257 e. The highest BCUT2D eigenvalue weighted by Crippen LogP contribution is 2.41. The van der Waals surface area contributed by atoms with Crippen molar-refractivity contribution in [2.45, 2.75) is 6.10 Å². The van der Waals surface area contributed by atoms with Crippen LogP contribution < -0.4 is 14.8 Å². The van der Waals surface area contributed by atoms with E-state index in [9.17, 15) is 9.90 Å². The quantitative estimate of drug-likeness (QED) is 0.647. The molecule has 0 radical (unpaired) electrons. The van der Waals surface area contributed by atoms with Crippen LogP contribution in [0.2, 0.25) is 0 Å². The molecule has 1 aromatic carbocycles. The molecule has 78 valence electrons. The van der Waals surface area contributed by atoms with Gasteiger partial charge in [0.2, 0.25) is 0 Å². The van der Waals surface area contributed by atoms with E-state index in [-0.39, 0.29) is 0 Å². The summed E-state index contributed by atoms with van der Waals surface area (Å²) in [6, 6.07) is 3.32. The Balaban J connectivity index is 2.12. The maximum absolute atomic E-state index is 11.2. The van der Waals surface area contributed by atoms with Crippen molar-refractivity contribution in [2.24, 2.45) is 0 Å². The number of ether oxygens (including phenoxy) is 2. The van der Waals surface area contributed by atoms with Crippen molar-refractivity contribution in [3.8, 4) is 11.5 Å². The van der Waals surface area contributed by atoms with Crippen LogP contribution in [0.1, 0.15) is 11.7 Å². The van der Waals surface area contributed by atoms with Crippen molar-refractivity contribution in [3.63, 3.8) is 0 Å². The molecule has 2 aliphatic rings. The number of amides is 1. The van der Waals surface area contributed by atoms with Gasteiger partial charge in [0, 0.05) is 11.6 Å². The fourth-order valence-corrected chi connectivity index (χ4v) is 1.78. The van der Waals surface area contributed by atoms with E-state index in [1.54, 1.807) is 12.1 Å². The Labute approximate surface area is 85.6 Å². The van der Waals surface area contributed by atoms with Crippen molar-refractivity contribution in [3.05, 3.63) is 17.7 Å². The average molecular weight is 207 g/mol. The first-order valence-electron chi connectivity index (χ1n) is 4.68. The summed E-state index contributed by atoms with van der Waals surface area (Å²) in [7, 11) is 0. The van der Waals surface area contributed by atoms with Gasteiger partial charge in [-0.2, -0.15) is 0 Å². The van der Waals surface area contributed by atoms with Gasteiger partial charge in [0.05, 0.1) is 5.69 Å². The van der Waals surface area contributed by atoms with Crippen LogP contribution in [0.3, 0.4) is 0 Å². The molecule has 1 unspecified atom stereocenters. The molecule has 2 heterocycles. The maximum Gasteiger partial charge on any atom is 0.257 e. The van der Waals surface area contributed by atoms with Crippen LogP contribution in [-0.4, -0.2) is 24.2 Å². The highest BCUT2D eigenvalue weighted by Gasteiger charge is 2.31. The molecule has 5 heteroatoms. The summed E-state index contributed by atoms with van der Waals surface area (Å²) in [6.07, 6.45) is -1.10. The minimum atomic E-state index is -1.10. The van der Waals surface area contributed by atoms with Crippen LogP contribution in [-0.2, 0) is 4.79 Å². The van der Waals surface area contributed by atoms with Gasteiger partial charge in [-0.15, -0.1) is 0 Å². The number of aliphatic hydroxyl groups excluding tert-OH is 1.